The van der Waals surface area contributed by atoms with Gasteiger partial charge in [-0.15, -0.1) is 0 Å². The lowest BCUT2D eigenvalue weighted by Gasteiger charge is -2.07. The summed E-state index contributed by atoms with van der Waals surface area (Å²) in [5, 5.41) is 5.79. The molecule has 0 aliphatic carbocycles. The summed E-state index contributed by atoms with van der Waals surface area (Å²) in [5.74, 6) is 0.601. The molecule has 0 saturated carbocycles. The molecule has 0 spiro atoms. The number of nitrogens with one attached hydrogen (secondary N) is 2. The van der Waals surface area contributed by atoms with Crippen molar-refractivity contribution < 1.29 is 9.53 Å². The fraction of sp³-hybridized carbons (Fsp3) is 0.889. The van der Waals surface area contributed by atoms with Gasteiger partial charge >= 0.3 is 0 Å². The van der Waals surface area contributed by atoms with E-state index >= 15 is 0 Å². The van der Waals surface area contributed by atoms with Crippen molar-refractivity contribution >= 4 is 5.91 Å². The molecule has 0 radical (unpaired) electrons. The Balaban J connectivity index is 3.20. The van der Waals surface area contributed by atoms with Gasteiger partial charge in [0.1, 0.15) is 0 Å². The van der Waals surface area contributed by atoms with E-state index in [1.54, 1.807) is 7.11 Å². The first kappa shape index (κ1) is 12.4. The first-order valence-corrected chi connectivity index (χ1v) is 4.63. The van der Waals surface area contributed by atoms with E-state index in [2.05, 4.69) is 24.5 Å². The minimum atomic E-state index is 0.0256. The highest BCUT2D eigenvalue weighted by Gasteiger charge is 1.99. The maximum atomic E-state index is 11.1. The van der Waals surface area contributed by atoms with Gasteiger partial charge in [-0.25, -0.2) is 0 Å². The molecule has 0 unspecified atom stereocenters. The molecule has 0 aromatic rings. The molecule has 0 heterocycles. The molecule has 0 rings (SSSR count). The highest BCUT2D eigenvalue weighted by molar-refractivity contribution is 5.77. The van der Waals surface area contributed by atoms with Crippen LogP contribution in [-0.4, -0.2) is 39.3 Å². The number of ether oxygens (including phenoxy) is 1. The molecule has 4 nitrogen and oxygen atoms in total. The van der Waals surface area contributed by atoms with Crippen LogP contribution in [-0.2, 0) is 9.53 Å². The molecule has 78 valence electrons. The monoisotopic (exact) mass is 188 g/mol. The van der Waals surface area contributed by atoms with Crippen molar-refractivity contribution in [2.24, 2.45) is 5.92 Å². The van der Waals surface area contributed by atoms with Crippen LogP contribution in [0, 0.1) is 5.92 Å². The van der Waals surface area contributed by atoms with E-state index in [0.717, 1.165) is 6.54 Å². The lowest BCUT2D eigenvalue weighted by molar-refractivity contribution is -0.120. The van der Waals surface area contributed by atoms with Gasteiger partial charge < -0.3 is 15.4 Å². The summed E-state index contributed by atoms with van der Waals surface area (Å²) in [4.78, 5) is 11.1. The van der Waals surface area contributed by atoms with Crippen LogP contribution < -0.4 is 10.6 Å². The van der Waals surface area contributed by atoms with Crippen LogP contribution in [0.25, 0.3) is 0 Å². The van der Waals surface area contributed by atoms with Crippen molar-refractivity contribution in [2.75, 3.05) is 33.4 Å². The van der Waals surface area contributed by atoms with Crippen LogP contribution in [0.2, 0.25) is 0 Å². The second-order valence-electron chi connectivity index (χ2n) is 3.37. The average molecular weight is 188 g/mol. The molecule has 1 amide bonds. The van der Waals surface area contributed by atoms with Crippen LogP contribution in [0.5, 0.6) is 0 Å². The molecule has 0 atom stereocenters. The zero-order valence-corrected chi connectivity index (χ0v) is 8.72. The molecular formula is C9H20N2O2. The van der Waals surface area contributed by atoms with Crippen LogP contribution in [0.1, 0.15) is 13.8 Å². The van der Waals surface area contributed by atoms with Gasteiger partial charge in [0.05, 0.1) is 13.2 Å². The number of carbonyl (C=O) groups is 1. The number of methoxy groups -OCH3 is 1. The molecule has 0 saturated heterocycles. The molecule has 0 fully saturated rings. The van der Waals surface area contributed by atoms with Gasteiger partial charge in [-0.05, 0) is 12.5 Å². The van der Waals surface area contributed by atoms with Gasteiger partial charge in [-0.1, -0.05) is 13.8 Å². The first-order valence-electron chi connectivity index (χ1n) is 4.63. The third-order valence-corrected chi connectivity index (χ3v) is 1.47. The van der Waals surface area contributed by atoms with Crippen LogP contribution >= 0.6 is 0 Å². The largest absolute Gasteiger partial charge is 0.383 e. The van der Waals surface area contributed by atoms with Crippen molar-refractivity contribution in [2.45, 2.75) is 13.8 Å². The topological polar surface area (TPSA) is 50.4 Å². The smallest absolute Gasteiger partial charge is 0.234 e. The van der Waals surface area contributed by atoms with Gasteiger partial charge in [-0.3, -0.25) is 4.79 Å². The summed E-state index contributed by atoms with van der Waals surface area (Å²) in [6.45, 7) is 6.62. The van der Waals surface area contributed by atoms with Crippen molar-refractivity contribution in [3.63, 3.8) is 0 Å². The van der Waals surface area contributed by atoms with Gasteiger partial charge in [0.25, 0.3) is 0 Å². The Labute approximate surface area is 80.0 Å². The van der Waals surface area contributed by atoms with E-state index in [-0.39, 0.29) is 5.91 Å². The van der Waals surface area contributed by atoms with E-state index in [1.807, 2.05) is 0 Å². The molecule has 2 N–H and O–H groups in total. The van der Waals surface area contributed by atoms with Crippen molar-refractivity contribution in [1.82, 2.24) is 10.6 Å². The predicted molar refractivity (Wildman–Crippen MR) is 52.6 cm³/mol. The molecule has 4 heteroatoms. The van der Waals surface area contributed by atoms with E-state index in [4.69, 9.17) is 4.74 Å². The summed E-state index contributed by atoms with van der Waals surface area (Å²) in [6, 6.07) is 0. The molecule has 0 aliphatic rings. The van der Waals surface area contributed by atoms with E-state index in [1.165, 1.54) is 0 Å². The van der Waals surface area contributed by atoms with E-state index in [0.29, 0.717) is 25.6 Å². The third-order valence-electron chi connectivity index (χ3n) is 1.47. The Kier molecular flexibility index (Phi) is 7.63. The van der Waals surface area contributed by atoms with Gasteiger partial charge in [0.15, 0.2) is 0 Å². The minimum absolute atomic E-state index is 0.0256. The fourth-order valence-electron chi connectivity index (χ4n) is 0.829. The van der Waals surface area contributed by atoms with Gasteiger partial charge in [-0.2, -0.15) is 0 Å². The quantitative estimate of drug-likeness (QED) is 0.553. The highest BCUT2D eigenvalue weighted by Crippen LogP contribution is 1.85. The molecule has 13 heavy (non-hydrogen) atoms. The Bertz CT molecular complexity index is 138. The second kappa shape index (κ2) is 8.01. The maximum absolute atomic E-state index is 11.1. The van der Waals surface area contributed by atoms with Crippen LogP contribution in [0.15, 0.2) is 0 Å². The Morgan fingerprint density at radius 2 is 2.15 bits per heavy atom. The first-order chi connectivity index (χ1) is 6.16. The van der Waals surface area contributed by atoms with E-state index in [9.17, 15) is 4.79 Å². The molecule has 0 aromatic heterocycles. The van der Waals surface area contributed by atoms with Gasteiger partial charge in [0.2, 0.25) is 5.91 Å². The minimum Gasteiger partial charge on any atom is -0.383 e. The molecular weight excluding hydrogens is 168 g/mol. The lowest BCUT2D eigenvalue weighted by atomic mass is 10.2. The highest BCUT2D eigenvalue weighted by atomic mass is 16.5. The summed E-state index contributed by atoms with van der Waals surface area (Å²) < 4.78 is 4.80. The summed E-state index contributed by atoms with van der Waals surface area (Å²) in [6.07, 6.45) is 0. The number of carbonyl (C=O) groups excluding carboxylic acids is 1. The SMILES string of the molecule is COCCNC(=O)CNCC(C)C. The average Bonchev–Trinajstić information content (AvgIpc) is 2.04. The normalized spacial score (nSPS) is 10.5. The van der Waals surface area contributed by atoms with Crippen molar-refractivity contribution in [1.29, 1.82) is 0 Å². The van der Waals surface area contributed by atoms with Crippen molar-refractivity contribution in [3.8, 4) is 0 Å². The van der Waals surface area contributed by atoms with Crippen LogP contribution in [0.3, 0.4) is 0 Å². The molecule has 0 bridgehead atoms. The molecule has 0 aliphatic heterocycles. The van der Waals surface area contributed by atoms with Crippen LogP contribution in [0.4, 0.5) is 0 Å². The van der Waals surface area contributed by atoms with E-state index < -0.39 is 0 Å². The third kappa shape index (κ3) is 9.30. The number of hydrogen-bond acceptors (Lipinski definition) is 3. The number of rotatable bonds is 7. The Morgan fingerprint density at radius 1 is 1.46 bits per heavy atom. The zero-order valence-electron chi connectivity index (χ0n) is 8.72. The van der Waals surface area contributed by atoms with Gasteiger partial charge in [0, 0.05) is 13.7 Å². The lowest BCUT2D eigenvalue weighted by Crippen LogP contribution is -2.36. The molecule has 0 aromatic carbocycles. The zero-order chi connectivity index (χ0) is 10.1. The number of hydrogen-bond donors (Lipinski definition) is 2. The summed E-state index contributed by atoms with van der Waals surface area (Å²) in [5.41, 5.74) is 0. The second-order valence-corrected chi connectivity index (χ2v) is 3.37. The summed E-state index contributed by atoms with van der Waals surface area (Å²) >= 11 is 0. The Morgan fingerprint density at radius 3 is 2.69 bits per heavy atom. The predicted octanol–water partition coefficient (Wildman–Crippen LogP) is -0.00540. The fourth-order valence-corrected chi connectivity index (χ4v) is 0.829. The van der Waals surface area contributed by atoms with Crippen molar-refractivity contribution in [3.05, 3.63) is 0 Å². The standard InChI is InChI=1S/C9H20N2O2/c1-8(2)6-10-7-9(12)11-4-5-13-3/h8,10H,4-7H2,1-3H3,(H,11,12). The Hall–Kier alpha value is -0.610. The maximum Gasteiger partial charge on any atom is 0.234 e. The number of amides is 1. The summed E-state index contributed by atoms with van der Waals surface area (Å²) in [7, 11) is 1.61.